The largest absolute Gasteiger partial charge is 0.497 e. The van der Waals surface area contributed by atoms with Crippen molar-refractivity contribution in [2.24, 2.45) is 5.92 Å². The van der Waals surface area contributed by atoms with Gasteiger partial charge in [0.25, 0.3) is 0 Å². The number of methoxy groups -OCH3 is 1. The summed E-state index contributed by atoms with van der Waals surface area (Å²) in [5.74, 6) is 1.41. The number of nitrogens with one attached hydrogen (secondary N) is 1. The highest BCUT2D eigenvalue weighted by Gasteiger charge is 2.13. The summed E-state index contributed by atoms with van der Waals surface area (Å²) in [6.45, 7) is 1.36. The quantitative estimate of drug-likeness (QED) is 0.845. The average molecular weight is 288 g/mol. The van der Waals surface area contributed by atoms with Crippen molar-refractivity contribution in [3.05, 3.63) is 42.0 Å². The molecule has 0 fully saturated rings. The van der Waals surface area contributed by atoms with E-state index in [1.54, 1.807) is 12.0 Å². The fraction of sp³-hybridized carbons (Fsp3) is 0.471. The number of carbonyl (C=O) groups excluding carboxylic acids is 1. The van der Waals surface area contributed by atoms with Crippen LogP contribution >= 0.6 is 0 Å². The number of nitrogens with zero attached hydrogens (tertiary/aromatic N) is 1. The molecule has 2 rings (SSSR count). The maximum absolute atomic E-state index is 12.1. The Bertz CT molecular complexity index is 482. The van der Waals surface area contributed by atoms with Gasteiger partial charge in [0, 0.05) is 20.1 Å². The standard InChI is InChI=1S/C17H24N2O2/c1-19(13-15-8-10-16(21-2)11-9-15)17(20)18-12-14-6-4-3-5-7-14/h3-4,8-11,14H,5-7,12-13H2,1-2H3,(H,18,20)/t14-/m1/s1. The highest BCUT2D eigenvalue weighted by Crippen LogP contribution is 2.17. The molecule has 1 aromatic carbocycles. The first kappa shape index (κ1) is 15.4. The molecule has 0 heterocycles. The molecule has 0 radical (unpaired) electrons. The minimum atomic E-state index is -0.0135. The molecule has 1 N–H and O–H groups in total. The molecule has 21 heavy (non-hydrogen) atoms. The van der Waals surface area contributed by atoms with Gasteiger partial charge in [-0.2, -0.15) is 0 Å². The Morgan fingerprint density at radius 2 is 2.10 bits per heavy atom. The van der Waals surface area contributed by atoms with Gasteiger partial charge in [0.1, 0.15) is 5.75 Å². The van der Waals surface area contributed by atoms with Crippen molar-refractivity contribution in [1.82, 2.24) is 10.2 Å². The van der Waals surface area contributed by atoms with E-state index in [9.17, 15) is 4.79 Å². The number of hydrogen-bond donors (Lipinski definition) is 1. The van der Waals surface area contributed by atoms with E-state index in [-0.39, 0.29) is 6.03 Å². The van der Waals surface area contributed by atoms with E-state index in [2.05, 4.69) is 17.5 Å². The summed E-state index contributed by atoms with van der Waals surface area (Å²) in [7, 11) is 3.47. The van der Waals surface area contributed by atoms with E-state index >= 15 is 0 Å². The van der Waals surface area contributed by atoms with Gasteiger partial charge < -0.3 is 15.0 Å². The van der Waals surface area contributed by atoms with Crippen LogP contribution in [0.5, 0.6) is 5.75 Å². The number of benzene rings is 1. The second kappa shape index (κ2) is 7.72. The molecule has 1 aliphatic rings. The van der Waals surface area contributed by atoms with Gasteiger partial charge in [-0.25, -0.2) is 4.79 Å². The Morgan fingerprint density at radius 1 is 1.33 bits per heavy atom. The third-order valence-corrected chi connectivity index (χ3v) is 3.85. The Kier molecular flexibility index (Phi) is 5.67. The first-order valence-corrected chi connectivity index (χ1v) is 7.46. The molecule has 0 spiro atoms. The Hall–Kier alpha value is -1.97. The summed E-state index contributed by atoms with van der Waals surface area (Å²) in [6, 6.07) is 7.77. The third kappa shape index (κ3) is 4.81. The van der Waals surface area contributed by atoms with Crippen LogP contribution in [0.1, 0.15) is 24.8 Å². The summed E-state index contributed by atoms with van der Waals surface area (Å²) < 4.78 is 5.13. The Morgan fingerprint density at radius 3 is 2.71 bits per heavy atom. The van der Waals surface area contributed by atoms with Crippen molar-refractivity contribution in [2.45, 2.75) is 25.8 Å². The zero-order chi connectivity index (χ0) is 15.1. The highest BCUT2D eigenvalue weighted by atomic mass is 16.5. The van der Waals surface area contributed by atoms with Gasteiger partial charge in [0.05, 0.1) is 7.11 Å². The van der Waals surface area contributed by atoms with Crippen molar-refractivity contribution in [3.63, 3.8) is 0 Å². The number of amides is 2. The monoisotopic (exact) mass is 288 g/mol. The van der Waals surface area contributed by atoms with E-state index in [1.165, 1.54) is 6.42 Å². The van der Waals surface area contributed by atoms with Crippen LogP contribution in [0.15, 0.2) is 36.4 Å². The third-order valence-electron chi connectivity index (χ3n) is 3.85. The fourth-order valence-electron chi connectivity index (χ4n) is 2.48. The first-order valence-electron chi connectivity index (χ1n) is 7.46. The average Bonchev–Trinajstić information content (AvgIpc) is 2.54. The van der Waals surface area contributed by atoms with Gasteiger partial charge in [0.2, 0.25) is 0 Å². The number of ether oxygens (including phenoxy) is 1. The zero-order valence-electron chi connectivity index (χ0n) is 12.8. The van der Waals surface area contributed by atoms with Crippen molar-refractivity contribution < 1.29 is 9.53 Å². The predicted octanol–water partition coefficient (Wildman–Crippen LogP) is 3.19. The molecule has 1 aromatic rings. The number of hydrogen-bond acceptors (Lipinski definition) is 2. The molecular formula is C17H24N2O2. The van der Waals surface area contributed by atoms with Crippen LogP contribution in [0.3, 0.4) is 0 Å². The number of allylic oxidation sites excluding steroid dienone is 2. The van der Waals surface area contributed by atoms with E-state index in [4.69, 9.17) is 4.74 Å². The van der Waals surface area contributed by atoms with Crippen molar-refractivity contribution in [2.75, 3.05) is 20.7 Å². The van der Waals surface area contributed by atoms with Crippen LogP contribution in [0.2, 0.25) is 0 Å². The van der Waals surface area contributed by atoms with E-state index in [0.717, 1.165) is 30.7 Å². The van der Waals surface area contributed by atoms with Crippen LogP contribution in [0.25, 0.3) is 0 Å². The molecule has 0 saturated carbocycles. The summed E-state index contributed by atoms with van der Waals surface area (Å²) in [6.07, 6.45) is 7.79. The minimum absolute atomic E-state index is 0.0135. The van der Waals surface area contributed by atoms with Gasteiger partial charge in [-0.15, -0.1) is 0 Å². The molecule has 0 saturated heterocycles. The lowest BCUT2D eigenvalue weighted by Gasteiger charge is -2.22. The van der Waals surface area contributed by atoms with Crippen LogP contribution in [0.4, 0.5) is 4.79 Å². The van der Waals surface area contributed by atoms with Crippen LogP contribution in [-0.4, -0.2) is 31.6 Å². The molecule has 2 amide bonds. The maximum Gasteiger partial charge on any atom is 0.317 e. The molecule has 0 aliphatic heterocycles. The molecule has 0 aromatic heterocycles. The Balaban J connectivity index is 1.77. The van der Waals surface area contributed by atoms with Gasteiger partial charge in [-0.05, 0) is 42.9 Å². The molecule has 1 aliphatic carbocycles. The zero-order valence-corrected chi connectivity index (χ0v) is 12.8. The van der Waals surface area contributed by atoms with Crippen molar-refractivity contribution >= 4 is 6.03 Å². The first-order chi connectivity index (χ1) is 10.2. The number of carbonyl (C=O) groups is 1. The van der Waals surface area contributed by atoms with Gasteiger partial charge in [-0.1, -0.05) is 24.3 Å². The predicted molar refractivity (Wildman–Crippen MR) is 84.3 cm³/mol. The van der Waals surface area contributed by atoms with E-state index in [1.807, 2.05) is 31.3 Å². The molecule has 1 atom stereocenters. The molecule has 4 nitrogen and oxygen atoms in total. The van der Waals surface area contributed by atoms with Crippen LogP contribution < -0.4 is 10.1 Å². The number of rotatable bonds is 5. The van der Waals surface area contributed by atoms with E-state index < -0.39 is 0 Å². The lowest BCUT2D eigenvalue weighted by atomic mass is 9.94. The molecule has 0 bridgehead atoms. The summed E-state index contributed by atoms with van der Waals surface area (Å²) >= 11 is 0. The fourth-order valence-corrected chi connectivity index (χ4v) is 2.48. The van der Waals surface area contributed by atoms with Gasteiger partial charge in [-0.3, -0.25) is 0 Å². The van der Waals surface area contributed by atoms with Crippen molar-refractivity contribution in [1.29, 1.82) is 0 Å². The number of urea groups is 1. The second-order valence-electron chi connectivity index (χ2n) is 5.54. The highest BCUT2D eigenvalue weighted by molar-refractivity contribution is 5.73. The smallest absolute Gasteiger partial charge is 0.317 e. The topological polar surface area (TPSA) is 41.6 Å². The maximum atomic E-state index is 12.1. The molecule has 4 heteroatoms. The Labute approximate surface area is 126 Å². The summed E-state index contributed by atoms with van der Waals surface area (Å²) in [5.41, 5.74) is 1.09. The lowest BCUT2D eigenvalue weighted by molar-refractivity contribution is 0.204. The summed E-state index contributed by atoms with van der Waals surface area (Å²) in [4.78, 5) is 13.8. The SMILES string of the molecule is COc1ccc(CN(C)C(=O)NC[C@@H]2CC=CCC2)cc1. The minimum Gasteiger partial charge on any atom is -0.497 e. The molecule has 114 valence electrons. The lowest BCUT2D eigenvalue weighted by Crippen LogP contribution is -2.39. The second-order valence-corrected chi connectivity index (χ2v) is 5.54. The van der Waals surface area contributed by atoms with Crippen LogP contribution in [0, 0.1) is 5.92 Å². The molecular weight excluding hydrogens is 264 g/mol. The van der Waals surface area contributed by atoms with Gasteiger partial charge >= 0.3 is 6.03 Å². The van der Waals surface area contributed by atoms with Crippen molar-refractivity contribution in [3.8, 4) is 5.75 Å². The van der Waals surface area contributed by atoms with E-state index in [0.29, 0.717) is 12.5 Å². The summed E-state index contributed by atoms with van der Waals surface area (Å²) in [5, 5.41) is 3.02. The normalized spacial score (nSPS) is 17.3. The van der Waals surface area contributed by atoms with Gasteiger partial charge in [0.15, 0.2) is 0 Å². The molecule has 0 unspecified atom stereocenters. The van der Waals surface area contributed by atoms with Crippen LogP contribution in [-0.2, 0) is 6.54 Å².